The van der Waals surface area contributed by atoms with E-state index in [0.29, 0.717) is 17.1 Å². The van der Waals surface area contributed by atoms with Crippen LogP contribution in [0.2, 0.25) is 0 Å². The second-order valence-electron chi connectivity index (χ2n) is 6.22. The minimum absolute atomic E-state index is 0.427. The Labute approximate surface area is 151 Å². The molecule has 5 nitrogen and oxygen atoms in total. The summed E-state index contributed by atoms with van der Waals surface area (Å²) < 4.78 is 0. The molecule has 1 aromatic heterocycles. The van der Waals surface area contributed by atoms with Crippen LogP contribution in [0.1, 0.15) is 11.3 Å². The minimum atomic E-state index is 0.427. The van der Waals surface area contributed by atoms with Crippen molar-refractivity contribution in [2.24, 2.45) is 4.99 Å². The van der Waals surface area contributed by atoms with Crippen molar-refractivity contribution in [2.45, 2.75) is 0 Å². The highest BCUT2D eigenvalue weighted by atomic mass is 15.2. The Morgan fingerprint density at radius 1 is 1.04 bits per heavy atom. The number of anilines is 1. The fourth-order valence-corrected chi connectivity index (χ4v) is 3.10. The van der Waals surface area contributed by atoms with Gasteiger partial charge in [0.1, 0.15) is 17.5 Å². The molecule has 0 aliphatic carbocycles. The molecule has 0 fully saturated rings. The predicted molar refractivity (Wildman–Crippen MR) is 105 cm³/mol. The number of nitrogens with zero attached hydrogens (tertiary/aromatic N) is 4. The van der Waals surface area contributed by atoms with E-state index in [1.165, 1.54) is 0 Å². The third kappa shape index (κ3) is 2.58. The fourth-order valence-electron chi connectivity index (χ4n) is 3.10. The Bertz CT molecular complexity index is 1100. The monoisotopic (exact) mass is 339 g/mol. The first-order valence-corrected chi connectivity index (χ1v) is 8.30. The Kier molecular flexibility index (Phi) is 3.86. The molecule has 126 valence electrons. The van der Waals surface area contributed by atoms with Crippen LogP contribution in [0.3, 0.4) is 0 Å². The van der Waals surface area contributed by atoms with Crippen molar-refractivity contribution in [3.8, 4) is 6.07 Å². The number of nitriles is 1. The molecule has 3 aromatic rings. The summed E-state index contributed by atoms with van der Waals surface area (Å²) in [4.78, 5) is 11.2. The number of aliphatic imine (C=N–C) groups is 1. The molecule has 2 heterocycles. The highest BCUT2D eigenvalue weighted by Gasteiger charge is 2.22. The van der Waals surface area contributed by atoms with E-state index < -0.39 is 0 Å². The van der Waals surface area contributed by atoms with Gasteiger partial charge in [0, 0.05) is 31.2 Å². The Balaban J connectivity index is 1.97. The number of amidine groups is 1. The van der Waals surface area contributed by atoms with Crippen molar-refractivity contribution in [1.82, 2.24) is 9.88 Å². The molecule has 4 rings (SSSR count). The molecule has 0 saturated heterocycles. The zero-order valence-electron chi connectivity index (χ0n) is 14.6. The minimum Gasteiger partial charge on any atom is -0.362 e. The zero-order valence-corrected chi connectivity index (χ0v) is 14.6. The lowest BCUT2D eigenvalue weighted by Crippen LogP contribution is -2.28. The number of aromatic nitrogens is 1. The topological polar surface area (TPSA) is 64.3 Å². The summed E-state index contributed by atoms with van der Waals surface area (Å²) in [5, 5.41) is 15.2. The third-order valence-corrected chi connectivity index (χ3v) is 4.32. The maximum absolute atomic E-state index is 9.89. The molecule has 0 radical (unpaired) electrons. The van der Waals surface area contributed by atoms with E-state index in [9.17, 15) is 5.26 Å². The average Bonchev–Trinajstić information content (AvgIpc) is 2.68. The van der Waals surface area contributed by atoms with Crippen LogP contribution < -0.4 is 5.32 Å². The van der Waals surface area contributed by atoms with Crippen LogP contribution in [0, 0.1) is 11.3 Å². The lowest BCUT2D eigenvalue weighted by atomic mass is 10.0. The van der Waals surface area contributed by atoms with Gasteiger partial charge in [-0.2, -0.15) is 5.26 Å². The second-order valence-corrected chi connectivity index (χ2v) is 6.22. The molecule has 0 unspecified atom stereocenters. The van der Waals surface area contributed by atoms with Gasteiger partial charge in [-0.05, 0) is 23.6 Å². The summed E-state index contributed by atoms with van der Waals surface area (Å²) in [6, 6.07) is 20.1. The van der Waals surface area contributed by atoms with Gasteiger partial charge >= 0.3 is 0 Å². The van der Waals surface area contributed by atoms with Crippen LogP contribution in [0.25, 0.3) is 16.3 Å². The SMILES string of the molecule is CN(C)C1=N/C(=C(\C#N)c2nccc3ccccc23)Nc2ccccc21. The van der Waals surface area contributed by atoms with E-state index >= 15 is 0 Å². The number of rotatable bonds is 1. The molecule has 0 atom stereocenters. The van der Waals surface area contributed by atoms with Crippen LogP contribution in [-0.4, -0.2) is 29.8 Å². The number of nitrogens with one attached hydrogen (secondary N) is 1. The van der Waals surface area contributed by atoms with Gasteiger partial charge in [0.05, 0.1) is 11.4 Å². The van der Waals surface area contributed by atoms with Gasteiger partial charge in [0.2, 0.25) is 0 Å². The number of para-hydroxylation sites is 1. The van der Waals surface area contributed by atoms with Gasteiger partial charge in [0.25, 0.3) is 0 Å². The second kappa shape index (κ2) is 6.34. The van der Waals surface area contributed by atoms with E-state index in [1.54, 1.807) is 6.20 Å². The molecule has 0 spiro atoms. The molecule has 1 aliphatic heterocycles. The van der Waals surface area contributed by atoms with Crippen molar-refractivity contribution in [3.63, 3.8) is 0 Å². The quantitative estimate of drug-likeness (QED) is 0.684. The fraction of sp³-hybridized carbons (Fsp3) is 0.0952. The summed E-state index contributed by atoms with van der Waals surface area (Å²) in [6.45, 7) is 0. The molecule has 1 aliphatic rings. The maximum atomic E-state index is 9.89. The number of hydrogen-bond acceptors (Lipinski definition) is 5. The van der Waals surface area contributed by atoms with Gasteiger partial charge < -0.3 is 10.2 Å². The number of benzene rings is 2. The zero-order chi connectivity index (χ0) is 18.1. The van der Waals surface area contributed by atoms with Crippen molar-refractivity contribution >= 4 is 27.9 Å². The Hall–Kier alpha value is -3.65. The molecule has 0 bridgehead atoms. The molecule has 0 amide bonds. The lowest BCUT2D eigenvalue weighted by molar-refractivity contribution is 0.622. The first kappa shape index (κ1) is 15.9. The van der Waals surface area contributed by atoms with Crippen molar-refractivity contribution in [2.75, 3.05) is 19.4 Å². The van der Waals surface area contributed by atoms with Crippen molar-refractivity contribution in [1.29, 1.82) is 5.26 Å². The lowest BCUT2D eigenvalue weighted by Gasteiger charge is -2.25. The van der Waals surface area contributed by atoms with Crippen molar-refractivity contribution in [3.05, 3.63) is 77.9 Å². The molecule has 26 heavy (non-hydrogen) atoms. The summed E-state index contributed by atoms with van der Waals surface area (Å²) >= 11 is 0. The van der Waals surface area contributed by atoms with E-state index in [-0.39, 0.29) is 0 Å². The largest absolute Gasteiger partial charge is 0.362 e. The van der Waals surface area contributed by atoms with E-state index in [1.807, 2.05) is 73.6 Å². The molecule has 0 saturated carbocycles. The third-order valence-electron chi connectivity index (χ3n) is 4.32. The standard InChI is InChI=1S/C21H17N5/c1-26(2)21-16-9-5-6-10-18(16)24-20(25-21)17(13-22)19-15-8-4-3-7-14(15)11-12-23-19/h3-12,24H,1-2H3/b20-17+. The predicted octanol–water partition coefficient (Wildman–Crippen LogP) is 3.86. The summed E-state index contributed by atoms with van der Waals surface area (Å²) in [5.41, 5.74) is 2.99. The number of pyridine rings is 1. The van der Waals surface area contributed by atoms with Gasteiger partial charge in [-0.25, -0.2) is 4.99 Å². The van der Waals surface area contributed by atoms with Crippen LogP contribution in [0.15, 0.2) is 71.6 Å². The molecular weight excluding hydrogens is 322 g/mol. The number of fused-ring (bicyclic) bond motifs is 2. The Morgan fingerprint density at radius 2 is 1.81 bits per heavy atom. The first-order chi connectivity index (χ1) is 12.7. The number of allylic oxidation sites excluding steroid dienone is 1. The van der Waals surface area contributed by atoms with Crippen LogP contribution >= 0.6 is 0 Å². The van der Waals surface area contributed by atoms with Gasteiger partial charge in [-0.1, -0.05) is 36.4 Å². The average molecular weight is 339 g/mol. The van der Waals surface area contributed by atoms with Crippen LogP contribution in [0.5, 0.6) is 0 Å². The molecule has 5 heteroatoms. The smallest absolute Gasteiger partial charge is 0.153 e. The summed E-state index contributed by atoms with van der Waals surface area (Å²) in [5.74, 6) is 1.32. The van der Waals surface area contributed by atoms with Gasteiger partial charge in [-0.3, -0.25) is 4.98 Å². The van der Waals surface area contributed by atoms with Gasteiger partial charge in [-0.15, -0.1) is 0 Å². The highest BCUT2D eigenvalue weighted by Crippen LogP contribution is 2.30. The van der Waals surface area contributed by atoms with Crippen LogP contribution in [0.4, 0.5) is 5.69 Å². The number of hydrogen-bond donors (Lipinski definition) is 1. The molecular formula is C21H17N5. The maximum Gasteiger partial charge on any atom is 0.153 e. The molecule has 2 aromatic carbocycles. The van der Waals surface area contributed by atoms with E-state index in [0.717, 1.165) is 27.9 Å². The Morgan fingerprint density at radius 3 is 2.62 bits per heavy atom. The highest BCUT2D eigenvalue weighted by molar-refractivity contribution is 6.07. The van der Waals surface area contributed by atoms with E-state index in [4.69, 9.17) is 4.99 Å². The van der Waals surface area contributed by atoms with E-state index in [2.05, 4.69) is 16.4 Å². The summed E-state index contributed by atoms with van der Waals surface area (Å²) in [7, 11) is 3.89. The molecule has 1 N–H and O–H groups in total. The summed E-state index contributed by atoms with van der Waals surface area (Å²) in [6.07, 6.45) is 1.73. The van der Waals surface area contributed by atoms with Gasteiger partial charge in [0.15, 0.2) is 5.82 Å². The van der Waals surface area contributed by atoms with Crippen molar-refractivity contribution < 1.29 is 0 Å². The van der Waals surface area contributed by atoms with Crippen LogP contribution in [-0.2, 0) is 0 Å². The first-order valence-electron chi connectivity index (χ1n) is 8.30. The normalized spacial score (nSPS) is 14.7.